The quantitative estimate of drug-likeness (QED) is 0.0464. The molecule has 56 heavy (non-hydrogen) atoms. The predicted octanol–water partition coefficient (Wildman–Crippen LogP) is -1.48. The number of rotatable bonds is 18. The van der Waals surface area contributed by atoms with Gasteiger partial charge in [0.05, 0.1) is 0 Å². The van der Waals surface area contributed by atoms with Crippen molar-refractivity contribution in [2.24, 2.45) is 73.4 Å². The number of aromatic amines is 1. The fourth-order valence-corrected chi connectivity index (χ4v) is 3.69. The maximum absolute atomic E-state index is 10.6. The van der Waals surface area contributed by atoms with Gasteiger partial charge in [-0.05, 0) is 49.1 Å². The van der Waals surface area contributed by atoms with Gasteiger partial charge in [0.15, 0.2) is 11.9 Å². The van der Waals surface area contributed by atoms with Crippen molar-refractivity contribution in [3.8, 4) is 0 Å². The van der Waals surface area contributed by atoms with Gasteiger partial charge in [-0.3, -0.25) is 34.0 Å². The molecule has 22 nitrogen and oxygen atoms in total. The molecule has 320 valence electrons. The summed E-state index contributed by atoms with van der Waals surface area (Å²) in [5.74, 6) is -4.70. The minimum absolute atomic E-state index is 0.0129. The van der Waals surface area contributed by atoms with Gasteiger partial charge in [0.1, 0.15) is 30.2 Å². The summed E-state index contributed by atoms with van der Waals surface area (Å²) in [7, 11) is 0. The number of H-pyrrole nitrogens is 1. The molecule has 1 aromatic heterocycles. The molecule has 0 saturated carbocycles. The van der Waals surface area contributed by atoms with Gasteiger partial charge < -0.3 is 82.1 Å². The van der Waals surface area contributed by atoms with E-state index >= 15 is 0 Å². The standard InChI is InChI=1S/C11H12N2O2.2C6H14N4O2.C6H13NO2.C5H11NO2/c12-9(11(14)15)5-7-6-13-10-4-2-1-3-8(7)10;2*7-4(5(11)12)2-1-3-10-6(8)9;1-3-4(2)5(7)6(8)9;1-3(2)4(6)5(7)8/h1-4,6,9,13H,5,12H2,(H,14,15);2*4H,1-3,7H2,(H,11,12)(H4,8,9,10);4-5H,3,7H2,1-2H3,(H,8,9);3-4H,6H2,1-2H3,(H,7,8). The molecule has 0 aliphatic carbocycles. The van der Waals surface area contributed by atoms with Crippen molar-refractivity contribution in [1.82, 2.24) is 4.98 Å². The summed E-state index contributed by atoms with van der Waals surface area (Å²) in [4.78, 5) is 61.7. The van der Waals surface area contributed by atoms with E-state index in [1.54, 1.807) is 13.8 Å². The van der Waals surface area contributed by atoms with Gasteiger partial charge in [0.2, 0.25) is 0 Å². The number of hydrogen-bond acceptors (Lipinski definition) is 12. The van der Waals surface area contributed by atoms with Crippen LogP contribution in [0.4, 0.5) is 0 Å². The number of guanidine groups is 2. The summed E-state index contributed by atoms with van der Waals surface area (Å²) < 4.78 is 0. The number of aliphatic imine (C=N–C) groups is 2. The second-order valence-electron chi connectivity index (χ2n) is 12.7. The van der Waals surface area contributed by atoms with Gasteiger partial charge in [-0.15, -0.1) is 0 Å². The molecular formula is C34H64N12O10. The Morgan fingerprint density at radius 2 is 1.05 bits per heavy atom. The zero-order chi connectivity index (χ0) is 44.1. The van der Waals surface area contributed by atoms with Crippen molar-refractivity contribution in [2.45, 2.75) is 96.4 Å². The number of aromatic nitrogens is 1. The van der Waals surface area contributed by atoms with Crippen molar-refractivity contribution in [3.63, 3.8) is 0 Å². The first kappa shape index (κ1) is 54.8. The van der Waals surface area contributed by atoms with E-state index in [0.717, 1.165) is 22.9 Å². The summed E-state index contributed by atoms with van der Waals surface area (Å²) in [6.07, 6.45) is 4.88. The Morgan fingerprint density at radius 1 is 0.643 bits per heavy atom. The summed E-state index contributed by atoms with van der Waals surface area (Å²) >= 11 is 0. The molecule has 0 spiro atoms. The molecular weight excluding hydrogens is 736 g/mol. The maximum atomic E-state index is 10.6. The second-order valence-corrected chi connectivity index (χ2v) is 12.7. The number of nitrogens with zero attached hydrogens (tertiary/aromatic N) is 2. The zero-order valence-corrected chi connectivity index (χ0v) is 32.5. The minimum atomic E-state index is -1.00. The van der Waals surface area contributed by atoms with Crippen LogP contribution in [-0.2, 0) is 30.4 Å². The molecule has 0 amide bonds. The Labute approximate surface area is 325 Å². The number of carbonyl (C=O) groups is 5. The number of para-hydroxylation sites is 1. The van der Waals surface area contributed by atoms with Gasteiger partial charge in [-0.1, -0.05) is 52.3 Å². The fourth-order valence-electron chi connectivity index (χ4n) is 3.69. The third-order valence-electron chi connectivity index (χ3n) is 7.55. The Morgan fingerprint density at radius 3 is 1.36 bits per heavy atom. The molecule has 6 atom stereocenters. The summed E-state index contributed by atoms with van der Waals surface area (Å²) in [6, 6.07) is 3.86. The first-order chi connectivity index (χ1) is 25.9. The van der Waals surface area contributed by atoms with Gasteiger partial charge in [0.25, 0.3) is 0 Å². The van der Waals surface area contributed by atoms with E-state index in [2.05, 4.69) is 15.0 Å². The first-order valence-electron chi connectivity index (χ1n) is 17.5. The normalized spacial score (nSPS) is 13.3. The summed E-state index contributed by atoms with van der Waals surface area (Å²) in [6.45, 7) is 8.15. The Kier molecular flexibility index (Phi) is 30.1. The molecule has 0 fully saturated rings. The highest BCUT2D eigenvalue weighted by Gasteiger charge is 2.18. The van der Waals surface area contributed by atoms with Gasteiger partial charge in [-0.2, -0.15) is 0 Å². The number of hydrogen-bond donors (Lipinski definition) is 15. The molecule has 2 rings (SSSR count). The predicted molar refractivity (Wildman–Crippen MR) is 214 cm³/mol. The molecule has 0 aliphatic heterocycles. The van der Waals surface area contributed by atoms with Crippen LogP contribution in [0.2, 0.25) is 0 Å². The maximum Gasteiger partial charge on any atom is 0.320 e. The highest BCUT2D eigenvalue weighted by Crippen LogP contribution is 2.18. The lowest BCUT2D eigenvalue weighted by molar-refractivity contribution is -0.140. The largest absolute Gasteiger partial charge is 0.480 e. The average Bonchev–Trinajstić information content (AvgIpc) is 3.53. The lowest BCUT2D eigenvalue weighted by Gasteiger charge is -2.11. The number of aliphatic carboxylic acids is 5. The molecule has 0 aliphatic rings. The Balaban J connectivity index is -0.000000639. The van der Waals surface area contributed by atoms with E-state index in [4.69, 9.17) is 77.1 Å². The van der Waals surface area contributed by atoms with Crippen LogP contribution in [0.25, 0.3) is 10.9 Å². The zero-order valence-electron chi connectivity index (χ0n) is 32.5. The van der Waals surface area contributed by atoms with E-state index < -0.39 is 60.1 Å². The van der Waals surface area contributed by atoms with E-state index in [9.17, 15) is 24.0 Å². The average molecular weight is 801 g/mol. The number of nitrogens with two attached hydrogens (primary N) is 9. The third kappa shape index (κ3) is 28.0. The second kappa shape index (κ2) is 30.7. The van der Waals surface area contributed by atoms with E-state index in [-0.39, 0.29) is 23.8 Å². The summed E-state index contributed by atoms with van der Waals surface area (Å²) in [5, 5.41) is 43.1. The topological polar surface area (TPSA) is 461 Å². The lowest BCUT2D eigenvalue weighted by atomic mass is 10.0. The molecule has 24 N–H and O–H groups in total. The van der Waals surface area contributed by atoms with Crippen molar-refractivity contribution in [3.05, 3.63) is 36.0 Å². The van der Waals surface area contributed by atoms with Gasteiger partial charge >= 0.3 is 29.8 Å². The van der Waals surface area contributed by atoms with Crippen molar-refractivity contribution < 1.29 is 49.5 Å². The van der Waals surface area contributed by atoms with Crippen LogP contribution < -0.4 is 51.6 Å². The van der Waals surface area contributed by atoms with Gasteiger partial charge in [0, 0.05) is 36.6 Å². The molecule has 6 unspecified atom stereocenters. The molecule has 1 heterocycles. The molecule has 22 heteroatoms. The molecule has 0 saturated heterocycles. The van der Waals surface area contributed by atoms with E-state index in [1.165, 1.54) is 0 Å². The number of carboxylic acids is 5. The van der Waals surface area contributed by atoms with Crippen LogP contribution in [0, 0.1) is 11.8 Å². The van der Waals surface area contributed by atoms with Crippen LogP contribution in [-0.4, -0.2) is 116 Å². The van der Waals surface area contributed by atoms with Crippen LogP contribution in [0.15, 0.2) is 40.4 Å². The van der Waals surface area contributed by atoms with Crippen molar-refractivity contribution in [2.75, 3.05) is 13.1 Å². The number of nitrogens with one attached hydrogen (secondary N) is 1. The smallest absolute Gasteiger partial charge is 0.320 e. The number of fused-ring (bicyclic) bond motifs is 1. The van der Waals surface area contributed by atoms with Gasteiger partial charge in [-0.25, -0.2) is 0 Å². The molecule has 1 aromatic carbocycles. The highest BCUT2D eigenvalue weighted by atomic mass is 16.4. The monoisotopic (exact) mass is 800 g/mol. The molecule has 0 bridgehead atoms. The van der Waals surface area contributed by atoms with Crippen LogP contribution in [0.3, 0.4) is 0 Å². The first-order valence-corrected chi connectivity index (χ1v) is 17.5. The third-order valence-corrected chi connectivity index (χ3v) is 7.55. The Hall–Kier alpha value is -5.55. The van der Waals surface area contributed by atoms with Crippen LogP contribution >= 0.6 is 0 Å². The number of carboxylic acid groups (broad SMARTS) is 5. The summed E-state index contributed by atoms with van der Waals surface area (Å²) in [5.41, 5.74) is 48.5. The van der Waals surface area contributed by atoms with Crippen molar-refractivity contribution >= 4 is 52.7 Å². The highest BCUT2D eigenvalue weighted by molar-refractivity contribution is 5.84. The van der Waals surface area contributed by atoms with Crippen molar-refractivity contribution in [1.29, 1.82) is 0 Å². The molecule has 2 aromatic rings. The number of benzene rings is 1. The Bertz CT molecular complexity index is 1470. The van der Waals surface area contributed by atoms with E-state index in [1.807, 2.05) is 44.3 Å². The minimum Gasteiger partial charge on any atom is -0.480 e. The van der Waals surface area contributed by atoms with Crippen LogP contribution in [0.1, 0.15) is 65.4 Å². The van der Waals surface area contributed by atoms with E-state index in [0.29, 0.717) is 45.2 Å². The molecule has 0 radical (unpaired) electrons. The fraction of sp³-hybridized carbons (Fsp3) is 0.559. The SMILES string of the molecule is CC(C)C(N)C(=O)O.CCC(C)C(N)C(=O)O.NC(Cc1c[nH]c2ccccc12)C(=O)O.NC(N)=NCCCC(N)C(=O)O.NC(N)=NCCCC(N)C(=O)O. The van der Waals surface area contributed by atoms with Crippen LogP contribution in [0.5, 0.6) is 0 Å². The lowest BCUT2D eigenvalue weighted by Crippen LogP contribution is -2.36.